The number of hydrogen-bond acceptors (Lipinski definition) is 4. The van der Waals surface area contributed by atoms with Gasteiger partial charge in [-0.15, -0.1) is 0 Å². The zero-order valence-electron chi connectivity index (χ0n) is 7.28. The van der Waals surface area contributed by atoms with Gasteiger partial charge in [0.05, 0.1) is 12.2 Å². The van der Waals surface area contributed by atoms with Crippen LogP contribution in [-0.4, -0.2) is 17.7 Å². The highest BCUT2D eigenvalue weighted by molar-refractivity contribution is 5.91. The highest BCUT2D eigenvalue weighted by Gasteiger charge is 2.07. The molecule has 4 heteroatoms. The molecule has 0 fully saturated rings. The molecule has 1 rings (SSSR count). The van der Waals surface area contributed by atoms with Gasteiger partial charge in [0, 0.05) is 11.8 Å². The molecule has 1 aromatic rings. The summed E-state index contributed by atoms with van der Waals surface area (Å²) in [5, 5.41) is 9.12. The second kappa shape index (κ2) is 3.80. The standard InChI is InChI=1S/C9H11NO3/c1-2-13-9(12)6-3-7(10)5-8(11)4-6/h3-5,11H,2,10H2,1H3. The first-order valence-corrected chi connectivity index (χ1v) is 3.90. The molecule has 0 unspecified atom stereocenters. The third kappa shape index (κ3) is 2.37. The number of anilines is 1. The van der Waals surface area contributed by atoms with E-state index in [-0.39, 0.29) is 11.3 Å². The first-order valence-electron chi connectivity index (χ1n) is 3.90. The summed E-state index contributed by atoms with van der Waals surface area (Å²) in [5.74, 6) is -0.520. The van der Waals surface area contributed by atoms with E-state index in [4.69, 9.17) is 15.6 Å². The summed E-state index contributed by atoms with van der Waals surface area (Å²) >= 11 is 0. The number of phenols is 1. The van der Waals surface area contributed by atoms with E-state index in [1.54, 1.807) is 6.92 Å². The number of nitrogens with two attached hydrogens (primary N) is 1. The van der Waals surface area contributed by atoms with Crippen molar-refractivity contribution in [2.45, 2.75) is 6.92 Å². The van der Waals surface area contributed by atoms with Crippen LogP contribution in [0.15, 0.2) is 18.2 Å². The Hall–Kier alpha value is -1.71. The van der Waals surface area contributed by atoms with Crippen molar-refractivity contribution >= 4 is 11.7 Å². The molecule has 0 aliphatic carbocycles. The summed E-state index contributed by atoms with van der Waals surface area (Å²) in [6, 6.07) is 4.13. The first-order chi connectivity index (χ1) is 6.13. The Balaban J connectivity index is 2.94. The smallest absolute Gasteiger partial charge is 0.338 e. The fourth-order valence-electron chi connectivity index (χ4n) is 0.967. The number of benzene rings is 1. The lowest BCUT2D eigenvalue weighted by atomic mass is 10.2. The lowest BCUT2D eigenvalue weighted by molar-refractivity contribution is 0.0526. The minimum absolute atomic E-state index is 0.0388. The summed E-state index contributed by atoms with van der Waals surface area (Å²) in [6.07, 6.45) is 0. The molecular weight excluding hydrogens is 170 g/mol. The molecule has 13 heavy (non-hydrogen) atoms. The van der Waals surface area contributed by atoms with E-state index in [1.807, 2.05) is 0 Å². The van der Waals surface area contributed by atoms with Gasteiger partial charge in [0.15, 0.2) is 0 Å². The van der Waals surface area contributed by atoms with E-state index < -0.39 is 5.97 Å². The van der Waals surface area contributed by atoms with Crippen LogP contribution in [0.1, 0.15) is 17.3 Å². The van der Waals surface area contributed by atoms with Gasteiger partial charge in [-0.05, 0) is 19.1 Å². The summed E-state index contributed by atoms with van der Waals surface area (Å²) in [6.45, 7) is 2.01. The predicted molar refractivity (Wildman–Crippen MR) is 48.5 cm³/mol. The van der Waals surface area contributed by atoms with Gasteiger partial charge in [-0.25, -0.2) is 4.79 Å². The molecule has 0 radical (unpaired) electrons. The lowest BCUT2D eigenvalue weighted by Gasteiger charge is -2.03. The van der Waals surface area contributed by atoms with Crippen molar-refractivity contribution in [2.24, 2.45) is 0 Å². The lowest BCUT2D eigenvalue weighted by Crippen LogP contribution is -2.04. The van der Waals surface area contributed by atoms with Crippen LogP contribution in [-0.2, 0) is 4.74 Å². The van der Waals surface area contributed by atoms with Crippen molar-refractivity contribution < 1.29 is 14.6 Å². The maximum Gasteiger partial charge on any atom is 0.338 e. The maximum atomic E-state index is 11.2. The molecule has 0 saturated heterocycles. The fourth-order valence-corrected chi connectivity index (χ4v) is 0.967. The summed E-state index contributed by atoms with van der Waals surface area (Å²) in [5.41, 5.74) is 6.03. The first kappa shape index (κ1) is 9.38. The third-order valence-electron chi connectivity index (χ3n) is 1.45. The molecule has 4 nitrogen and oxygen atoms in total. The van der Waals surface area contributed by atoms with Crippen LogP contribution in [0.4, 0.5) is 5.69 Å². The Morgan fingerprint density at radius 1 is 1.54 bits per heavy atom. The predicted octanol–water partition coefficient (Wildman–Crippen LogP) is 1.15. The van der Waals surface area contributed by atoms with Crippen molar-refractivity contribution in [3.8, 4) is 5.75 Å². The average Bonchev–Trinajstić information content (AvgIpc) is 2.03. The van der Waals surface area contributed by atoms with Gasteiger partial charge in [0.25, 0.3) is 0 Å². The Morgan fingerprint density at radius 3 is 2.77 bits per heavy atom. The molecule has 0 saturated carbocycles. The number of phenolic OH excluding ortho intramolecular Hbond substituents is 1. The number of rotatable bonds is 2. The Kier molecular flexibility index (Phi) is 2.74. The number of ether oxygens (including phenoxy) is 1. The fraction of sp³-hybridized carbons (Fsp3) is 0.222. The Morgan fingerprint density at radius 2 is 2.23 bits per heavy atom. The zero-order chi connectivity index (χ0) is 9.84. The van der Waals surface area contributed by atoms with Gasteiger partial charge in [-0.2, -0.15) is 0 Å². The monoisotopic (exact) mass is 181 g/mol. The molecule has 0 aromatic heterocycles. The molecular formula is C9H11NO3. The molecule has 0 atom stereocenters. The molecule has 0 aliphatic rings. The zero-order valence-corrected chi connectivity index (χ0v) is 7.28. The molecule has 1 aromatic carbocycles. The minimum Gasteiger partial charge on any atom is -0.508 e. The molecule has 0 heterocycles. The SMILES string of the molecule is CCOC(=O)c1cc(N)cc(O)c1. The summed E-state index contributed by atoms with van der Waals surface area (Å²) < 4.78 is 4.73. The van der Waals surface area contributed by atoms with Crippen LogP contribution < -0.4 is 5.73 Å². The van der Waals surface area contributed by atoms with Crippen LogP contribution in [0.2, 0.25) is 0 Å². The van der Waals surface area contributed by atoms with E-state index in [1.165, 1.54) is 18.2 Å². The van der Waals surface area contributed by atoms with Gasteiger partial charge in [0.2, 0.25) is 0 Å². The van der Waals surface area contributed by atoms with Crippen LogP contribution in [0.3, 0.4) is 0 Å². The number of esters is 1. The van der Waals surface area contributed by atoms with E-state index in [2.05, 4.69) is 0 Å². The quantitative estimate of drug-likeness (QED) is 0.530. The van der Waals surface area contributed by atoms with Gasteiger partial charge < -0.3 is 15.6 Å². The van der Waals surface area contributed by atoms with Crippen LogP contribution in [0.25, 0.3) is 0 Å². The van der Waals surface area contributed by atoms with Crippen LogP contribution >= 0.6 is 0 Å². The summed E-state index contributed by atoms with van der Waals surface area (Å²) in [4.78, 5) is 11.2. The van der Waals surface area contributed by atoms with E-state index >= 15 is 0 Å². The number of nitrogen functional groups attached to an aromatic ring is 1. The normalized spacial score (nSPS) is 9.62. The second-order valence-corrected chi connectivity index (χ2v) is 2.53. The molecule has 0 aliphatic heterocycles. The highest BCUT2D eigenvalue weighted by atomic mass is 16.5. The van der Waals surface area contributed by atoms with Crippen LogP contribution in [0, 0.1) is 0 Å². The van der Waals surface area contributed by atoms with Crippen LogP contribution in [0.5, 0.6) is 5.75 Å². The van der Waals surface area contributed by atoms with Crippen molar-refractivity contribution in [3.05, 3.63) is 23.8 Å². The minimum atomic E-state index is -0.481. The number of carbonyl (C=O) groups excluding carboxylic acids is 1. The molecule has 0 bridgehead atoms. The maximum absolute atomic E-state index is 11.2. The average molecular weight is 181 g/mol. The van der Waals surface area contributed by atoms with Crippen molar-refractivity contribution in [1.82, 2.24) is 0 Å². The topological polar surface area (TPSA) is 72.5 Å². The third-order valence-corrected chi connectivity index (χ3v) is 1.45. The second-order valence-electron chi connectivity index (χ2n) is 2.53. The van der Waals surface area contributed by atoms with Gasteiger partial charge in [-0.1, -0.05) is 0 Å². The van der Waals surface area contributed by atoms with Crippen molar-refractivity contribution in [3.63, 3.8) is 0 Å². The van der Waals surface area contributed by atoms with Gasteiger partial charge >= 0.3 is 5.97 Å². The number of carbonyl (C=O) groups is 1. The van der Waals surface area contributed by atoms with Gasteiger partial charge in [0.1, 0.15) is 5.75 Å². The van der Waals surface area contributed by atoms with E-state index in [0.717, 1.165) is 0 Å². The molecule has 0 amide bonds. The van der Waals surface area contributed by atoms with Crippen molar-refractivity contribution in [1.29, 1.82) is 0 Å². The number of aromatic hydroxyl groups is 1. The molecule has 0 spiro atoms. The molecule has 70 valence electrons. The van der Waals surface area contributed by atoms with E-state index in [0.29, 0.717) is 12.3 Å². The Bertz CT molecular complexity index is 302. The number of hydrogen-bond donors (Lipinski definition) is 2. The van der Waals surface area contributed by atoms with E-state index in [9.17, 15) is 4.79 Å². The van der Waals surface area contributed by atoms with Crippen molar-refractivity contribution in [2.75, 3.05) is 12.3 Å². The Labute approximate surface area is 75.9 Å². The summed E-state index contributed by atoms with van der Waals surface area (Å²) in [7, 11) is 0. The highest BCUT2D eigenvalue weighted by Crippen LogP contribution is 2.17. The largest absolute Gasteiger partial charge is 0.508 e. The van der Waals surface area contributed by atoms with Gasteiger partial charge in [-0.3, -0.25) is 0 Å². The molecule has 3 N–H and O–H groups in total.